The number of hydrogen-bond acceptors (Lipinski definition) is 1. The van der Waals surface area contributed by atoms with E-state index in [0.717, 1.165) is 5.56 Å². The molecule has 0 aliphatic heterocycles. The Labute approximate surface area is 117 Å². The van der Waals surface area contributed by atoms with E-state index in [2.05, 4.69) is 6.07 Å². The van der Waals surface area contributed by atoms with Crippen LogP contribution in [0.15, 0.2) is 42.5 Å². The van der Waals surface area contributed by atoms with Gasteiger partial charge in [-0.1, -0.05) is 53.0 Å². The third-order valence-electron chi connectivity index (χ3n) is 2.83. The van der Waals surface area contributed by atoms with Crippen molar-refractivity contribution in [1.29, 1.82) is 0 Å². The highest BCUT2D eigenvalue weighted by Gasteiger charge is 2.13. The lowest BCUT2D eigenvalue weighted by molar-refractivity contribution is 0.178. The lowest BCUT2D eigenvalue weighted by atomic mass is 10.0. The SMILES string of the molecule is Cc1cccc(CC(O)c2cc(Cl)ccc2Cl)c1. The molecule has 0 heterocycles. The minimum atomic E-state index is -0.641. The molecule has 0 radical (unpaired) electrons. The molecular weight excluding hydrogens is 267 g/mol. The van der Waals surface area contributed by atoms with E-state index in [1.807, 2.05) is 25.1 Å². The van der Waals surface area contributed by atoms with Crippen LogP contribution >= 0.6 is 23.2 Å². The summed E-state index contributed by atoms with van der Waals surface area (Å²) in [6, 6.07) is 13.2. The maximum atomic E-state index is 10.2. The van der Waals surface area contributed by atoms with Crippen molar-refractivity contribution < 1.29 is 5.11 Å². The Hall–Kier alpha value is -1.02. The predicted molar refractivity (Wildman–Crippen MR) is 76.3 cm³/mol. The molecule has 1 nitrogen and oxygen atoms in total. The van der Waals surface area contributed by atoms with Gasteiger partial charge in [-0.3, -0.25) is 0 Å². The minimum absolute atomic E-state index is 0.530. The topological polar surface area (TPSA) is 20.2 Å². The molecule has 94 valence electrons. The van der Waals surface area contributed by atoms with Gasteiger partial charge in [-0.2, -0.15) is 0 Å². The van der Waals surface area contributed by atoms with Crippen molar-refractivity contribution in [3.63, 3.8) is 0 Å². The Morgan fingerprint density at radius 3 is 2.61 bits per heavy atom. The number of aliphatic hydroxyl groups is 1. The van der Waals surface area contributed by atoms with Crippen molar-refractivity contribution in [1.82, 2.24) is 0 Å². The van der Waals surface area contributed by atoms with E-state index in [1.54, 1.807) is 18.2 Å². The lowest BCUT2D eigenvalue weighted by Gasteiger charge is -2.13. The fourth-order valence-electron chi connectivity index (χ4n) is 1.94. The summed E-state index contributed by atoms with van der Waals surface area (Å²) in [7, 11) is 0. The Morgan fingerprint density at radius 2 is 1.89 bits per heavy atom. The summed E-state index contributed by atoms with van der Waals surface area (Å²) in [5, 5.41) is 11.3. The van der Waals surface area contributed by atoms with Gasteiger partial charge in [-0.15, -0.1) is 0 Å². The summed E-state index contributed by atoms with van der Waals surface area (Å²) < 4.78 is 0. The van der Waals surface area contributed by atoms with Gasteiger partial charge in [0.05, 0.1) is 6.10 Å². The predicted octanol–water partition coefficient (Wildman–Crippen LogP) is 4.58. The summed E-state index contributed by atoms with van der Waals surface area (Å²) in [4.78, 5) is 0. The second kappa shape index (κ2) is 5.75. The fraction of sp³-hybridized carbons (Fsp3) is 0.200. The van der Waals surface area contributed by atoms with Gasteiger partial charge in [0.25, 0.3) is 0 Å². The van der Waals surface area contributed by atoms with E-state index in [0.29, 0.717) is 22.0 Å². The van der Waals surface area contributed by atoms with Gasteiger partial charge in [0.1, 0.15) is 0 Å². The highest BCUT2D eigenvalue weighted by atomic mass is 35.5. The van der Waals surface area contributed by atoms with Gasteiger partial charge in [-0.25, -0.2) is 0 Å². The Kier molecular flexibility index (Phi) is 4.28. The van der Waals surface area contributed by atoms with Crippen LogP contribution in [-0.2, 0) is 6.42 Å². The molecular formula is C15H14Cl2O. The summed E-state index contributed by atoms with van der Waals surface area (Å²) >= 11 is 12.0. The average molecular weight is 281 g/mol. The smallest absolute Gasteiger partial charge is 0.0845 e. The van der Waals surface area contributed by atoms with Crippen LogP contribution in [0.3, 0.4) is 0 Å². The maximum Gasteiger partial charge on any atom is 0.0845 e. The van der Waals surface area contributed by atoms with Crippen LogP contribution in [0, 0.1) is 6.92 Å². The number of aryl methyl sites for hydroxylation is 1. The Morgan fingerprint density at radius 1 is 1.11 bits per heavy atom. The van der Waals surface area contributed by atoms with Crippen LogP contribution < -0.4 is 0 Å². The molecule has 0 saturated carbocycles. The van der Waals surface area contributed by atoms with Crippen LogP contribution in [0.25, 0.3) is 0 Å². The van der Waals surface area contributed by atoms with Gasteiger partial charge in [0, 0.05) is 22.0 Å². The van der Waals surface area contributed by atoms with Gasteiger partial charge in [0.15, 0.2) is 0 Å². The highest BCUT2D eigenvalue weighted by Crippen LogP contribution is 2.28. The second-order valence-corrected chi connectivity index (χ2v) is 5.22. The zero-order valence-corrected chi connectivity index (χ0v) is 11.5. The largest absolute Gasteiger partial charge is 0.388 e. The molecule has 0 aromatic heterocycles. The van der Waals surface area contributed by atoms with E-state index >= 15 is 0 Å². The van der Waals surface area contributed by atoms with Crippen LogP contribution in [0.2, 0.25) is 10.0 Å². The number of benzene rings is 2. The minimum Gasteiger partial charge on any atom is -0.388 e. The molecule has 0 aliphatic carbocycles. The summed E-state index contributed by atoms with van der Waals surface area (Å²) in [5.41, 5.74) is 2.93. The molecule has 2 aromatic rings. The van der Waals surface area contributed by atoms with Crippen molar-refractivity contribution in [2.75, 3.05) is 0 Å². The quantitative estimate of drug-likeness (QED) is 0.873. The average Bonchev–Trinajstić information content (AvgIpc) is 2.32. The first-order valence-electron chi connectivity index (χ1n) is 5.75. The summed E-state index contributed by atoms with van der Waals surface area (Å²) in [5.74, 6) is 0. The van der Waals surface area contributed by atoms with Crippen molar-refractivity contribution in [3.8, 4) is 0 Å². The first-order valence-corrected chi connectivity index (χ1v) is 6.50. The second-order valence-electron chi connectivity index (χ2n) is 4.37. The number of halogens is 2. The van der Waals surface area contributed by atoms with Crippen molar-refractivity contribution in [3.05, 3.63) is 69.2 Å². The van der Waals surface area contributed by atoms with Crippen molar-refractivity contribution in [2.45, 2.75) is 19.4 Å². The molecule has 3 heteroatoms. The van der Waals surface area contributed by atoms with E-state index in [-0.39, 0.29) is 0 Å². The zero-order chi connectivity index (χ0) is 13.1. The van der Waals surface area contributed by atoms with Crippen molar-refractivity contribution >= 4 is 23.2 Å². The molecule has 1 N–H and O–H groups in total. The van der Waals surface area contributed by atoms with Gasteiger partial charge < -0.3 is 5.11 Å². The molecule has 0 aliphatic rings. The van der Waals surface area contributed by atoms with E-state index in [1.165, 1.54) is 5.56 Å². The molecule has 0 saturated heterocycles. The van der Waals surface area contributed by atoms with Crippen LogP contribution in [0.4, 0.5) is 0 Å². The summed E-state index contributed by atoms with van der Waals surface area (Å²) in [6.07, 6.45) is -0.111. The van der Waals surface area contributed by atoms with Crippen LogP contribution in [-0.4, -0.2) is 5.11 Å². The molecule has 2 rings (SSSR count). The van der Waals surface area contributed by atoms with Crippen LogP contribution in [0.5, 0.6) is 0 Å². The van der Waals surface area contributed by atoms with Gasteiger partial charge in [0.2, 0.25) is 0 Å². The fourth-order valence-corrected chi connectivity index (χ4v) is 2.37. The zero-order valence-electron chi connectivity index (χ0n) is 10.0. The standard InChI is InChI=1S/C15H14Cl2O/c1-10-3-2-4-11(7-10)8-15(18)13-9-12(16)5-6-14(13)17/h2-7,9,15,18H,8H2,1H3. The normalized spacial score (nSPS) is 12.4. The third-order valence-corrected chi connectivity index (χ3v) is 3.41. The molecule has 18 heavy (non-hydrogen) atoms. The Balaban J connectivity index is 2.21. The molecule has 0 spiro atoms. The van der Waals surface area contributed by atoms with E-state index in [4.69, 9.17) is 23.2 Å². The molecule has 0 amide bonds. The Bertz CT molecular complexity index is 552. The molecule has 0 bridgehead atoms. The number of rotatable bonds is 3. The molecule has 1 atom stereocenters. The maximum absolute atomic E-state index is 10.2. The monoisotopic (exact) mass is 280 g/mol. The molecule has 2 aromatic carbocycles. The summed E-state index contributed by atoms with van der Waals surface area (Å²) in [6.45, 7) is 2.03. The molecule has 1 unspecified atom stereocenters. The van der Waals surface area contributed by atoms with Crippen molar-refractivity contribution in [2.24, 2.45) is 0 Å². The van der Waals surface area contributed by atoms with Gasteiger partial charge in [-0.05, 0) is 30.7 Å². The number of hydrogen-bond donors (Lipinski definition) is 1. The third kappa shape index (κ3) is 3.26. The first-order chi connectivity index (χ1) is 8.56. The first kappa shape index (κ1) is 13.4. The van der Waals surface area contributed by atoms with Crippen LogP contribution in [0.1, 0.15) is 22.8 Å². The highest BCUT2D eigenvalue weighted by molar-refractivity contribution is 6.33. The van der Waals surface area contributed by atoms with E-state index in [9.17, 15) is 5.11 Å². The molecule has 0 fully saturated rings. The van der Waals surface area contributed by atoms with E-state index < -0.39 is 6.10 Å². The lowest BCUT2D eigenvalue weighted by Crippen LogP contribution is -2.02. The van der Waals surface area contributed by atoms with Gasteiger partial charge >= 0.3 is 0 Å². The number of aliphatic hydroxyl groups excluding tert-OH is 1.